The summed E-state index contributed by atoms with van der Waals surface area (Å²) in [6, 6.07) is 15.3. The normalized spacial score (nSPS) is 12.8. The molecule has 2 aromatic carbocycles. The highest BCUT2D eigenvalue weighted by atomic mass is 35.5. The van der Waals surface area contributed by atoms with Crippen LogP contribution in [0.15, 0.2) is 52.9 Å². The molecule has 0 radical (unpaired) electrons. The third-order valence-corrected chi connectivity index (χ3v) is 3.79. The molecule has 102 valence electrons. The van der Waals surface area contributed by atoms with Crippen LogP contribution in [0.3, 0.4) is 0 Å². The van der Waals surface area contributed by atoms with Crippen LogP contribution in [0.25, 0.3) is 11.0 Å². The maximum Gasteiger partial charge on any atom is 0.153 e. The number of hydrogen-bond donors (Lipinski definition) is 1. The van der Waals surface area contributed by atoms with E-state index in [4.69, 9.17) is 16.0 Å². The fourth-order valence-corrected chi connectivity index (χ4v) is 2.50. The van der Waals surface area contributed by atoms with Crippen LogP contribution < -0.4 is 0 Å². The molecule has 1 atom stereocenters. The minimum Gasteiger partial charge on any atom is -0.456 e. The molecule has 0 fully saturated rings. The molecule has 3 aromatic rings. The number of fused-ring (bicyclic) bond motifs is 1. The predicted octanol–water partition coefficient (Wildman–Crippen LogP) is 4.73. The number of hydrogen-bond acceptors (Lipinski definition) is 2. The van der Waals surface area contributed by atoms with Crippen molar-refractivity contribution in [3.8, 4) is 0 Å². The lowest BCUT2D eigenvalue weighted by molar-refractivity contribution is 0.192. The van der Waals surface area contributed by atoms with Crippen LogP contribution in [0.5, 0.6) is 0 Å². The van der Waals surface area contributed by atoms with Crippen LogP contribution in [0.1, 0.15) is 29.9 Å². The molecular weight excluding hydrogens is 272 g/mol. The van der Waals surface area contributed by atoms with Gasteiger partial charge < -0.3 is 9.52 Å². The smallest absolute Gasteiger partial charge is 0.153 e. The number of halogens is 1. The molecule has 0 amide bonds. The first-order valence-corrected chi connectivity index (χ1v) is 7.01. The summed E-state index contributed by atoms with van der Waals surface area (Å²) in [5.74, 6) is 0.511. The number of para-hydroxylation sites is 1. The third-order valence-electron chi connectivity index (χ3n) is 3.49. The predicted molar refractivity (Wildman–Crippen MR) is 81.1 cm³/mol. The van der Waals surface area contributed by atoms with E-state index in [-0.39, 0.29) is 0 Å². The molecular formula is C17H15ClO2. The topological polar surface area (TPSA) is 33.4 Å². The zero-order chi connectivity index (χ0) is 14.1. The molecule has 0 aliphatic heterocycles. The highest BCUT2D eigenvalue weighted by Crippen LogP contribution is 2.31. The van der Waals surface area contributed by atoms with Gasteiger partial charge in [0.1, 0.15) is 11.9 Å². The lowest BCUT2D eigenvalue weighted by atomic mass is 10.0. The summed E-state index contributed by atoms with van der Waals surface area (Å²) >= 11 is 6.09. The molecule has 0 bridgehead atoms. The van der Waals surface area contributed by atoms with Gasteiger partial charge in [-0.05, 0) is 29.7 Å². The monoisotopic (exact) mass is 286 g/mol. The van der Waals surface area contributed by atoms with E-state index in [0.717, 1.165) is 17.4 Å². The van der Waals surface area contributed by atoms with Crippen molar-refractivity contribution in [3.05, 3.63) is 70.4 Å². The summed E-state index contributed by atoms with van der Waals surface area (Å²) in [5.41, 5.74) is 2.68. The van der Waals surface area contributed by atoms with Gasteiger partial charge in [0.15, 0.2) is 5.58 Å². The molecule has 2 nitrogen and oxygen atoms in total. The number of aryl methyl sites for hydroxylation is 1. The van der Waals surface area contributed by atoms with Crippen molar-refractivity contribution < 1.29 is 9.52 Å². The van der Waals surface area contributed by atoms with Crippen LogP contribution in [0.4, 0.5) is 0 Å². The Morgan fingerprint density at radius 2 is 1.90 bits per heavy atom. The second kappa shape index (κ2) is 5.31. The summed E-state index contributed by atoms with van der Waals surface area (Å²) in [6.07, 6.45) is 0.209. The maximum atomic E-state index is 10.4. The quantitative estimate of drug-likeness (QED) is 0.755. The molecule has 1 N–H and O–H groups in total. The van der Waals surface area contributed by atoms with E-state index in [1.165, 1.54) is 5.56 Å². The van der Waals surface area contributed by atoms with Gasteiger partial charge in [0.25, 0.3) is 0 Å². The molecule has 0 spiro atoms. The van der Waals surface area contributed by atoms with E-state index < -0.39 is 6.10 Å². The molecule has 1 aromatic heterocycles. The molecule has 0 aliphatic carbocycles. The number of furan rings is 1. The Morgan fingerprint density at radius 3 is 2.55 bits per heavy atom. The van der Waals surface area contributed by atoms with Gasteiger partial charge in [0.05, 0.1) is 5.02 Å². The van der Waals surface area contributed by atoms with Crippen LogP contribution in [-0.4, -0.2) is 5.11 Å². The highest BCUT2D eigenvalue weighted by molar-refractivity contribution is 6.34. The molecule has 0 aliphatic rings. The average molecular weight is 287 g/mol. The van der Waals surface area contributed by atoms with Crippen molar-refractivity contribution in [2.45, 2.75) is 19.4 Å². The largest absolute Gasteiger partial charge is 0.456 e. The van der Waals surface area contributed by atoms with E-state index in [9.17, 15) is 5.11 Å². The number of aliphatic hydroxyl groups excluding tert-OH is 1. The second-order valence-corrected chi connectivity index (χ2v) is 5.21. The van der Waals surface area contributed by atoms with Gasteiger partial charge in [-0.2, -0.15) is 0 Å². The molecule has 3 rings (SSSR count). The van der Waals surface area contributed by atoms with Gasteiger partial charge in [0, 0.05) is 5.39 Å². The van der Waals surface area contributed by atoms with Gasteiger partial charge in [0.2, 0.25) is 0 Å². The van der Waals surface area contributed by atoms with Crippen LogP contribution in [-0.2, 0) is 6.42 Å². The summed E-state index contributed by atoms with van der Waals surface area (Å²) in [4.78, 5) is 0. The van der Waals surface area contributed by atoms with Gasteiger partial charge >= 0.3 is 0 Å². The minimum atomic E-state index is -0.774. The first-order chi connectivity index (χ1) is 9.69. The maximum absolute atomic E-state index is 10.4. The second-order valence-electron chi connectivity index (χ2n) is 4.80. The Morgan fingerprint density at radius 1 is 1.15 bits per heavy atom. The summed E-state index contributed by atoms with van der Waals surface area (Å²) in [5, 5.41) is 11.9. The molecule has 1 heterocycles. The zero-order valence-corrected chi connectivity index (χ0v) is 11.9. The van der Waals surface area contributed by atoms with E-state index in [2.05, 4.69) is 6.92 Å². The van der Waals surface area contributed by atoms with Crippen LogP contribution in [0.2, 0.25) is 5.02 Å². The van der Waals surface area contributed by atoms with E-state index in [1.807, 2.05) is 42.5 Å². The van der Waals surface area contributed by atoms with Gasteiger partial charge in [-0.1, -0.05) is 54.9 Å². The summed E-state index contributed by atoms with van der Waals surface area (Å²) in [6.45, 7) is 2.10. The summed E-state index contributed by atoms with van der Waals surface area (Å²) < 4.78 is 5.69. The highest BCUT2D eigenvalue weighted by Gasteiger charge is 2.16. The van der Waals surface area contributed by atoms with E-state index in [1.54, 1.807) is 6.07 Å². The van der Waals surface area contributed by atoms with Crippen LogP contribution >= 0.6 is 11.6 Å². The number of benzene rings is 2. The van der Waals surface area contributed by atoms with Gasteiger partial charge in [-0.15, -0.1) is 0 Å². The molecule has 0 saturated heterocycles. The van der Waals surface area contributed by atoms with Gasteiger partial charge in [-0.25, -0.2) is 0 Å². The van der Waals surface area contributed by atoms with Gasteiger partial charge in [-0.3, -0.25) is 0 Å². The fourth-order valence-electron chi connectivity index (χ4n) is 2.28. The van der Waals surface area contributed by atoms with Crippen molar-refractivity contribution >= 4 is 22.6 Å². The molecule has 3 heteroatoms. The lowest BCUT2D eigenvalue weighted by Crippen LogP contribution is -1.97. The molecule has 1 unspecified atom stereocenters. The number of rotatable bonds is 3. The van der Waals surface area contributed by atoms with Crippen LogP contribution in [0, 0.1) is 0 Å². The summed E-state index contributed by atoms with van der Waals surface area (Å²) in [7, 11) is 0. The fraction of sp³-hybridized carbons (Fsp3) is 0.176. The Bertz CT molecular complexity index is 728. The Kier molecular flexibility index (Phi) is 3.51. The van der Waals surface area contributed by atoms with Crippen molar-refractivity contribution in [2.24, 2.45) is 0 Å². The molecule has 20 heavy (non-hydrogen) atoms. The van der Waals surface area contributed by atoms with E-state index in [0.29, 0.717) is 16.4 Å². The third kappa shape index (κ3) is 2.33. The van der Waals surface area contributed by atoms with Crippen molar-refractivity contribution in [1.29, 1.82) is 0 Å². The Balaban J connectivity index is 1.98. The van der Waals surface area contributed by atoms with E-state index >= 15 is 0 Å². The standard InChI is InChI=1S/C17H15ClO2/c1-2-11-6-8-12(9-7-11)16(19)15-10-13-4-3-5-14(18)17(13)20-15/h3-10,16,19H,2H2,1H3. The van der Waals surface area contributed by atoms with Crippen molar-refractivity contribution in [1.82, 2.24) is 0 Å². The lowest BCUT2D eigenvalue weighted by Gasteiger charge is -2.08. The first kappa shape index (κ1) is 13.2. The Hall–Kier alpha value is -1.77. The first-order valence-electron chi connectivity index (χ1n) is 6.64. The van der Waals surface area contributed by atoms with Crippen molar-refractivity contribution in [3.63, 3.8) is 0 Å². The molecule has 0 saturated carbocycles. The Labute approximate surface area is 122 Å². The zero-order valence-electron chi connectivity index (χ0n) is 11.1. The average Bonchev–Trinajstić information content (AvgIpc) is 2.92. The SMILES string of the molecule is CCc1ccc(C(O)c2cc3cccc(Cl)c3o2)cc1. The minimum absolute atomic E-state index is 0.511. The number of aliphatic hydroxyl groups is 1. The van der Waals surface area contributed by atoms with Crippen molar-refractivity contribution in [2.75, 3.05) is 0 Å².